The monoisotopic (exact) mass is 355 g/mol. The molecule has 1 aromatic carbocycles. The molecule has 114 valence electrons. The SMILES string of the molecule is COc1ccc(CCC(=O)NC2(C(=O)O)CCC2)cc1Br. The van der Waals surface area contributed by atoms with Gasteiger partial charge in [0.1, 0.15) is 11.3 Å². The fourth-order valence-corrected chi connectivity index (χ4v) is 2.96. The average Bonchev–Trinajstić information content (AvgIpc) is 2.40. The lowest BCUT2D eigenvalue weighted by Crippen LogP contribution is -2.59. The number of hydrogen-bond donors (Lipinski definition) is 2. The Morgan fingerprint density at radius 2 is 2.14 bits per heavy atom. The van der Waals surface area contributed by atoms with Gasteiger partial charge in [-0.15, -0.1) is 0 Å². The number of amides is 1. The maximum atomic E-state index is 11.9. The van der Waals surface area contributed by atoms with Crippen LogP contribution < -0.4 is 10.1 Å². The van der Waals surface area contributed by atoms with Gasteiger partial charge in [-0.05, 0) is 59.3 Å². The summed E-state index contributed by atoms with van der Waals surface area (Å²) in [6.07, 6.45) is 2.71. The topological polar surface area (TPSA) is 75.6 Å². The number of carbonyl (C=O) groups excluding carboxylic acids is 1. The zero-order valence-electron chi connectivity index (χ0n) is 11.8. The summed E-state index contributed by atoms with van der Waals surface area (Å²) in [6.45, 7) is 0. The number of aryl methyl sites for hydroxylation is 1. The van der Waals surface area contributed by atoms with E-state index in [1.807, 2.05) is 18.2 Å². The molecule has 6 heteroatoms. The van der Waals surface area contributed by atoms with Crippen molar-refractivity contribution in [1.29, 1.82) is 0 Å². The largest absolute Gasteiger partial charge is 0.496 e. The maximum absolute atomic E-state index is 11.9. The number of benzene rings is 1. The molecule has 2 N–H and O–H groups in total. The van der Waals surface area contributed by atoms with Crippen LogP contribution in [0.4, 0.5) is 0 Å². The van der Waals surface area contributed by atoms with Crippen LogP contribution in [-0.4, -0.2) is 29.6 Å². The molecule has 0 radical (unpaired) electrons. The molecule has 21 heavy (non-hydrogen) atoms. The number of hydrogen-bond acceptors (Lipinski definition) is 3. The van der Waals surface area contributed by atoms with E-state index in [4.69, 9.17) is 4.74 Å². The van der Waals surface area contributed by atoms with Crippen molar-refractivity contribution in [1.82, 2.24) is 5.32 Å². The minimum atomic E-state index is -1.03. The van der Waals surface area contributed by atoms with E-state index >= 15 is 0 Å². The van der Waals surface area contributed by atoms with Crippen molar-refractivity contribution in [2.45, 2.75) is 37.6 Å². The Balaban J connectivity index is 1.89. The van der Waals surface area contributed by atoms with E-state index in [1.165, 1.54) is 0 Å². The molecule has 0 atom stereocenters. The van der Waals surface area contributed by atoms with Crippen molar-refractivity contribution in [2.75, 3.05) is 7.11 Å². The molecule has 1 saturated carbocycles. The van der Waals surface area contributed by atoms with Crippen molar-refractivity contribution < 1.29 is 19.4 Å². The van der Waals surface area contributed by atoms with Crippen LogP contribution in [0, 0.1) is 0 Å². The summed E-state index contributed by atoms with van der Waals surface area (Å²) in [6, 6.07) is 5.64. The average molecular weight is 356 g/mol. The number of nitrogens with one attached hydrogen (secondary N) is 1. The molecule has 5 nitrogen and oxygen atoms in total. The van der Waals surface area contributed by atoms with Gasteiger partial charge in [-0.1, -0.05) is 6.07 Å². The van der Waals surface area contributed by atoms with Gasteiger partial charge in [0.15, 0.2) is 0 Å². The van der Waals surface area contributed by atoms with Gasteiger partial charge in [0.2, 0.25) is 5.91 Å². The van der Waals surface area contributed by atoms with Crippen LogP contribution >= 0.6 is 15.9 Å². The first-order valence-electron chi connectivity index (χ1n) is 6.84. The fraction of sp³-hybridized carbons (Fsp3) is 0.467. The van der Waals surface area contributed by atoms with E-state index in [-0.39, 0.29) is 12.3 Å². The number of methoxy groups -OCH3 is 1. The van der Waals surface area contributed by atoms with Gasteiger partial charge < -0.3 is 15.2 Å². The van der Waals surface area contributed by atoms with Crippen molar-refractivity contribution in [3.8, 4) is 5.75 Å². The minimum absolute atomic E-state index is 0.218. The molecule has 0 aromatic heterocycles. The highest BCUT2D eigenvalue weighted by Gasteiger charge is 2.45. The van der Waals surface area contributed by atoms with Gasteiger partial charge in [0.05, 0.1) is 11.6 Å². The third kappa shape index (κ3) is 3.56. The molecular formula is C15H18BrNO4. The zero-order chi connectivity index (χ0) is 15.5. The summed E-state index contributed by atoms with van der Waals surface area (Å²) in [7, 11) is 1.59. The molecule has 0 aliphatic heterocycles. The minimum Gasteiger partial charge on any atom is -0.496 e. The van der Waals surface area contributed by atoms with E-state index in [2.05, 4.69) is 21.2 Å². The Morgan fingerprint density at radius 3 is 2.62 bits per heavy atom. The van der Waals surface area contributed by atoms with Crippen LogP contribution in [0.5, 0.6) is 5.75 Å². The highest BCUT2D eigenvalue weighted by atomic mass is 79.9. The molecule has 1 amide bonds. The van der Waals surface area contributed by atoms with E-state index in [9.17, 15) is 14.7 Å². The smallest absolute Gasteiger partial charge is 0.329 e. The molecule has 0 unspecified atom stereocenters. The number of carboxylic acid groups (broad SMARTS) is 1. The van der Waals surface area contributed by atoms with Gasteiger partial charge in [0.25, 0.3) is 0 Å². The number of aliphatic carboxylic acids is 1. The lowest BCUT2D eigenvalue weighted by Gasteiger charge is -2.38. The summed E-state index contributed by atoms with van der Waals surface area (Å²) in [5, 5.41) is 11.8. The molecule has 2 rings (SSSR count). The van der Waals surface area contributed by atoms with Crippen LogP contribution in [0.3, 0.4) is 0 Å². The second-order valence-corrected chi connectivity index (χ2v) is 6.11. The van der Waals surface area contributed by atoms with E-state index in [0.29, 0.717) is 19.3 Å². The van der Waals surface area contributed by atoms with Crippen molar-refractivity contribution in [3.63, 3.8) is 0 Å². The number of halogens is 1. The third-order valence-corrected chi connectivity index (χ3v) is 4.47. The Hall–Kier alpha value is -1.56. The molecule has 1 aliphatic carbocycles. The van der Waals surface area contributed by atoms with E-state index in [0.717, 1.165) is 22.2 Å². The highest BCUT2D eigenvalue weighted by Crippen LogP contribution is 2.32. The van der Waals surface area contributed by atoms with Crippen LogP contribution in [-0.2, 0) is 16.0 Å². The first-order chi connectivity index (χ1) is 9.97. The lowest BCUT2D eigenvalue weighted by molar-refractivity contribution is -0.151. The normalized spacial score (nSPS) is 15.9. The van der Waals surface area contributed by atoms with Gasteiger partial charge in [-0.25, -0.2) is 4.79 Å². The van der Waals surface area contributed by atoms with Gasteiger partial charge in [-0.2, -0.15) is 0 Å². The maximum Gasteiger partial charge on any atom is 0.329 e. The predicted octanol–water partition coefficient (Wildman–Crippen LogP) is 2.51. The Kier molecular flexibility index (Phi) is 4.88. The summed E-state index contributed by atoms with van der Waals surface area (Å²) >= 11 is 3.40. The van der Waals surface area contributed by atoms with Crippen LogP contribution in [0.2, 0.25) is 0 Å². The van der Waals surface area contributed by atoms with Crippen LogP contribution in [0.1, 0.15) is 31.2 Å². The Labute approximate surface area is 131 Å². The molecule has 1 aliphatic rings. The first kappa shape index (κ1) is 15.8. The van der Waals surface area contributed by atoms with Crippen LogP contribution in [0.25, 0.3) is 0 Å². The summed E-state index contributed by atoms with van der Waals surface area (Å²) in [5.74, 6) is -0.416. The number of ether oxygens (including phenoxy) is 1. The highest BCUT2D eigenvalue weighted by molar-refractivity contribution is 9.10. The molecular weight excluding hydrogens is 338 g/mol. The van der Waals surface area contributed by atoms with E-state index < -0.39 is 11.5 Å². The lowest BCUT2D eigenvalue weighted by atomic mass is 9.76. The van der Waals surface area contributed by atoms with Gasteiger partial charge in [0, 0.05) is 6.42 Å². The zero-order valence-corrected chi connectivity index (χ0v) is 13.4. The van der Waals surface area contributed by atoms with Gasteiger partial charge >= 0.3 is 5.97 Å². The Morgan fingerprint density at radius 1 is 1.43 bits per heavy atom. The molecule has 0 bridgehead atoms. The summed E-state index contributed by atoms with van der Waals surface area (Å²) in [5.41, 5.74) is -0.0341. The molecule has 0 saturated heterocycles. The molecule has 1 fully saturated rings. The summed E-state index contributed by atoms with van der Waals surface area (Å²) < 4.78 is 5.99. The van der Waals surface area contributed by atoms with Crippen molar-refractivity contribution in [2.24, 2.45) is 0 Å². The second-order valence-electron chi connectivity index (χ2n) is 5.26. The third-order valence-electron chi connectivity index (χ3n) is 3.85. The predicted molar refractivity (Wildman–Crippen MR) is 81.4 cm³/mol. The molecule has 0 heterocycles. The number of carbonyl (C=O) groups is 2. The van der Waals surface area contributed by atoms with Crippen LogP contribution in [0.15, 0.2) is 22.7 Å². The number of carboxylic acids is 1. The first-order valence-corrected chi connectivity index (χ1v) is 7.63. The second kappa shape index (κ2) is 6.47. The standard InChI is InChI=1S/C15H18BrNO4/c1-21-12-5-3-10(9-11(12)16)4-6-13(18)17-15(14(19)20)7-2-8-15/h3,5,9H,2,4,6-8H2,1H3,(H,17,18)(H,19,20). The van der Waals surface area contributed by atoms with Crippen molar-refractivity contribution in [3.05, 3.63) is 28.2 Å². The van der Waals surface area contributed by atoms with E-state index in [1.54, 1.807) is 7.11 Å². The summed E-state index contributed by atoms with van der Waals surface area (Å²) in [4.78, 5) is 23.1. The number of rotatable bonds is 6. The Bertz CT molecular complexity index is 555. The molecule has 1 aromatic rings. The van der Waals surface area contributed by atoms with Crippen molar-refractivity contribution >= 4 is 27.8 Å². The quantitative estimate of drug-likeness (QED) is 0.821. The molecule has 0 spiro atoms. The fourth-order valence-electron chi connectivity index (χ4n) is 2.38. The van der Waals surface area contributed by atoms with Gasteiger partial charge in [-0.3, -0.25) is 4.79 Å².